The van der Waals surface area contributed by atoms with Gasteiger partial charge in [0.2, 0.25) is 0 Å². The number of aliphatic hydroxyl groups excluding tert-OH is 6. The van der Waals surface area contributed by atoms with Gasteiger partial charge in [0, 0.05) is 0 Å². The van der Waals surface area contributed by atoms with Crippen LogP contribution in [0, 0.1) is 45.3 Å². The second-order valence-electron chi connectivity index (χ2n) is 17.5. The summed E-state index contributed by atoms with van der Waals surface area (Å²) in [6, 6.07) is 0. The van der Waals surface area contributed by atoms with Crippen molar-refractivity contribution in [2.45, 2.75) is 161 Å². The van der Waals surface area contributed by atoms with Crippen LogP contribution in [0.15, 0.2) is 11.6 Å². The average Bonchev–Trinajstić information content (AvgIpc) is 3.33. The van der Waals surface area contributed by atoms with E-state index in [-0.39, 0.29) is 39.9 Å². The van der Waals surface area contributed by atoms with Crippen LogP contribution in [0.1, 0.15) is 107 Å². The fourth-order valence-corrected chi connectivity index (χ4v) is 11.9. The van der Waals surface area contributed by atoms with Crippen molar-refractivity contribution in [1.29, 1.82) is 0 Å². The maximum Gasteiger partial charge on any atom is 0.186 e. The maximum absolute atomic E-state index is 12.1. The van der Waals surface area contributed by atoms with Crippen LogP contribution in [-0.2, 0) is 9.47 Å². The van der Waals surface area contributed by atoms with Gasteiger partial charge in [0.25, 0.3) is 0 Å². The summed E-state index contributed by atoms with van der Waals surface area (Å²) in [7, 11) is 0. The van der Waals surface area contributed by atoms with Gasteiger partial charge in [-0.1, -0.05) is 46.3 Å². The molecule has 0 spiro atoms. The monoisotopic (exact) mass is 638 g/mol. The van der Waals surface area contributed by atoms with E-state index in [0.29, 0.717) is 25.7 Å². The maximum atomic E-state index is 12.1. The summed E-state index contributed by atoms with van der Waals surface area (Å²) in [5.41, 5.74) is -1.21. The van der Waals surface area contributed by atoms with Gasteiger partial charge in [0.05, 0.1) is 30.5 Å². The van der Waals surface area contributed by atoms with Gasteiger partial charge < -0.3 is 45.2 Å². The Balaban J connectivity index is 1.54. The van der Waals surface area contributed by atoms with Gasteiger partial charge in [-0.05, 0) is 117 Å². The Kier molecular flexibility index (Phi) is 9.56. The number of hydrogen-bond donors (Lipinski definition) is 7. The van der Waals surface area contributed by atoms with E-state index < -0.39 is 66.6 Å². The summed E-state index contributed by atoms with van der Waals surface area (Å²) in [4.78, 5) is 0. The van der Waals surface area contributed by atoms with E-state index in [1.54, 1.807) is 0 Å². The van der Waals surface area contributed by atoms with Crippen molar-refractivity contribution in [1.82, 2.24) is 0 Å². The first-order valence-electron chi connectivity index (χ1n) is 17.4. The third-order valence-corrected chi connectivity index (χ3v) is 14.4. The third kappa shape index (κ3) is 5.48. The normalized spacial score (nSPS) is 52.2. The standard InChI is InChI=1S/C36H62O9/c1-19(2)10-9-13-36(8,43)20-11-15-34(6)26(20)21(38)16-24-33(5)14-12-25(39)32(3,4)30(33)22(17-35(24,34)7)44-31-29(42)28(41)27(40)23(18-37)45-31/h10,20-31,37-43H,9,11-18H2,1-8H3/t20-,21+,22-,23+,24+,25-,26?,27+,28-,29+,30-,31+,33+,34+,35+,36-/m0/s1. The van der Waals surface area contributed by atoms with Crippen molar-refractivity contribution in [3.8, 4) is 0 Å². The van der Waals surface area contributed by atoms with Crippen molar-refractivity contribution < 1.29 is 45.2 Å². The molecule has 0 radical (unpaired) electrons. The summed E-state index contributed by atoms with van der Waals surface area (Å²) in [5, 5.41) is 77.2. The van der Waals surface area contributed by atoms with Gasteiger partial charge in [-0.25, -0.2) is 0 Å². The molecule has 0 bridgehead atoms. The van der Waals surface area contributed by atoms with Crippen LogP contribution in [0.2, 0.25) is 0 Å². The lowest BCUT2D eigenvalue weighted by Gasteiger charge is -2.72. The molecule has 4 aliphatic carbocycles. The summed E-state index contributed by atoms with van der Waals surface area (Å²) >= 11 is 0. The van der Waals surface area contributed by atoms with Crippen molar-refractivity contribution >= 4 is 0 Å². The van der Waals surface area contributed by atoms with Gasteiger partial charge in [0.15, 0.2) is 6.29 Å². The lowest BCUT2D eigenvalue weighted by atomic mass is 9.34. The predicted octanol–water partition coefficient (Wildman–Crippen LogP) is 3.30. The lowest BCUT2D eigenvalue weighted by Crippen LogP contribution is -2.71. The highest BCUT2D eigenvalue weighted by Crippen LogP contribution is 2.76. The number of fused-ring (bicyclic) bond motifs is 5. The molecule has 5 aliphatic rings. The molecule has 1 aliphatic heterocycles. The smallest absolute Gasteiger partial charge is 0.186 e. The molecule has 9 nitrogen and oxygen atoms in total. The van der Waals surface area contributed by atoms with Crippen LogP contribution < -0.4 is 0 Å². The molecule has 260 valence electrons. The number of hydrogen-bond acceptors (Lipinski definition) is 9. The first-order valence-corrected chi connectivity index (χ1v) is 17.4. The van der Waals surface area contributed by atoms with E-state index >= 15 is 0 Å². The quantitative estimate of drug-likeness (QED) is 0.164. The van der Waals surface area contributed by atoms with Crippen molar-refractivity contribution in [2.75, 3.05) is 6.61 Å². The van der Waals surface area contributed by atoms with Gasteiger partial charge in [0.1, 0.15) is 24.4 Å². The summed E-state index contributed by atoms with van der Waals surface area (Å²) in [6.07, 6.45) is -0.603. The minimum Gasteiger partial charge on any atom is -0.394 e. The van der Waals surface area contributed by atoms with Crippen LogP contribution in [0.25, 0.3) is 0 Å². The van der Waals surface area contributed by atoms with E-state index in [4.69, 9.17) is 9.47 Å². The topological polar surface area (TPSA) is 160 Å². The molecular weight excluding hydrogens is 576 g/mol. The molecule has 16 atom stereocenters. The van der Waals surface area contributed by atoms with Gasteiger partial charge in [-0.2, -0.15) is 0 Å². The molecule has 0 aromatic carbocycles. The van der Waals surface area contributed by atoms with E-state index in [1.165, 1.54) is 5.57 Å². The second kappa shape index (κ2) is 12.1. The van der Waals surface area contributed by atoms with E-state index in [2.05, 4.69) is 54.5 Å². The van der Waals surface area contributed by atoms with E-state index in [0.717, 1.165) is 25.7 Å². The van der Waals surface area contributed by atoms with Crippen LogP contribution in [-0.4, -0.2) is 97.0 Å². The molecular formula is C36H62O9. The van der Waals surface area contributed by atoms with Gasteiger partial charge in [-0.15, -0.1) is 0 Å². The number of rotatable bonds is 7. The first kappa shape index (κ1) is 35.7. The molecule has 45 heavy (non-hydrogen) atoms. The first-order chi connectivity index (χ1) is 20.8. The largest absolute Gasteiger partial charge is 0.394 e. The number of aliphatic hydroxyl groups is 7. The minimum absolute atomic E-state index is 0.0548. The SMILES string of the molecule is CC(C)=CCC[C@](C)(O)[C@H]1CC[C@]2(C)C1[C@H](O)C[C@@H]1[C@@]3(C)CC[C@H](O)C(C)(C)[C@@H]3[C@@H](O[C@@H]3O[C@H](CO)[C@@H](O)[C@H](O)[C@H]3O)C[C@]12C. The Bertz CT molecular complexity index is 1100. The van der Waals surface area contributed by atoms with E-state index in [9.17, 15) is 35.7 Å². The van der Waals surface area contributed by atoms with Crippen LogP contribution in [0.5, 0.6) is 0 Å². The molecule has 1 heterocycles. The van der Waals surface area contributed by atoms with Gasteiger partial charge in [-0.3, -0.25) is 0 Å². The number of allylic oxidation sites excluding steroid dienone is 2. The third-order valence-electron chi connectivity index (χ3n) is 14.4. The fourth-order valence-electron chi connectivity index (χ4n) is 11.9. The summed E-state index contributed by atoms with van der Waals surface area (Å²) in [6.45, 7) is 16.6. The summed E-state index contributed by atoms with van der Waals surface area (Å²) in [5.74, 6) is -0.186. The Hall–Kier alpha value is -0.620. The zero-order valence-corrected chi connectivity index (χ0v) is 28.8. The molecule has 0 aromatic rings. The fraction of sp³-hybridized carbons (Fsp3) is 0.944. The predicted molar refractivity (Wildman–Crippen MR) is 170 cm³/mol. The molecule has 1 saturated heterocycles. The molecule has 7 N–H and O–H groups in total. The zero-order valence-electron chi connectivity index (χ0n) is 28.8. The van der Waals surface area contributed by atoms with Crippen LogP contribution in [0.3, 0.4) is 0 Å². The van der Waals surface area contributed by atoms with Crippen LogP contribution >= 0.6 is 0 Å². The molecule has 5 rings (SSSR count). The average molecular weight is 639 g/mol. The molecule has 1 unspecified atom stereocenters. The van der Waals surface area contributed by atoms with Crippen LogP contribution in [0.4, 0.5) is 0 Å². The Morgan fingerprint density at radius 1 is 0.933 bits per heavy atom. The molecule has 0 amide bonds. The van der Waals surface area contributed by atoms with Crippen molar-refractivity contribution in [2.24, 2.45) is 45.3 Å². The zero-order chi connectivity index (χ0) is 33.5. The molecule has 4 saturated carbocycles. The highest BCUT2D eigenvalue weighted by atomic mass is 16.7. The van der Waals surface area contributed by atoms with Gasteiger partial charge >= 0.3 is 0 Å². The lowest BCUT2D eigenvalue weighted by molar-refractivity contribution is -0.346. The minimum atomic E-state index is -1.54. The highest BCUT2D eigenvalue weighted by molar-refractivity contribution is 5.22. The van der Waals surface area contributed by atoms with E-state index in [1.807, 2.05) is 6.92 Å². The molecule has 0 aromatic heterocycles. The Labute approximate surface area is 270 Å². The van der Waals surface area contributed by atoms with Crippen molar-refractivity contribution in [3.05, 3.63) is 11.6 Å². The number of ether oxygens (including phenoxy) is 2. The van der Waals surface area contributed by atoms with Crippen molar-refractivity contribution in [3.63, 3.8) is 0 Å². The Morgan fingerprint density at radius 3 is 2.22 bits per heavy atom. The second-order valence-corrected chi connectivity index (χ2v) is 17.5. The summed E-state index contributed by atoms with van der Waals surface area (Å²) < 4.78 is 12.6. The molecule has 5 fully saturated rings. The Morgan fingerprint density at radius 2 is 1.60 bits per heavy atom. The molecule has 9 heteroatoms. The highest BCUT2D eigenvalue weighted by Gasteiger charge is 2.73.